The molecule has 2 aromatic carbocycles. The summed E-state index contributed by atoms with van der Waals surface area (Å²) >= 11 is 0. The molecule has 162 valence electrons. The molecule has 5 rings (SSSR count). The maximum Gasteiger partial charge on any atom is 0.219 e. The summed E-state index contributed by atoms with van der Waals surface area (Å²) in [5.41, 5.74) is 3.53. The van der Waals surface area contributed by atoms with Crippen LogP contribution >= 0.6 is 0 Å². The number of carbonyl (C=O) groups excluding carboxylic acids is 1. The molecule has 32 heavy (non-hydrogen) atoms. The summed E-state index contributed by atoms with van der Waals surface area (Å²) < 4.78 is 5.98. The Morgan fingerprint density at radius 2 is 1.81 bits per heavy atom. The van der Waals surface area contributed by atoms with Crippen molar-refractivity contribution in [3.63, 3.8) is 0 Å². The van der Waals surface area contributed by atoms with Crippen LogP contribution in [0.5, 0.6) is 11.6 Å². The van der Waals surface area contributed by atoms with Crippen molar-refractivity contribution < 1.29 is 9.53 Å². The number of pyridine rings is 1. The maximum atomic E-state index is 11.5. The number of rotatable bonds is 5. The molecule has 2 aliphatic heterocycles. The van der Waals surface area contributed by atoms with Crippen LogP contribution in [0.4, 0.5) is 0 Å². The van der Waals surface area contributed by atoms with Crippen LogP contribution in [0.3, 0.4) is 0 Å². The summed E-state index contributed by atoms with van der Waals surface area (Å²) in [5, 5.41) is 2.33. The molecule has 0 atom stereocenters. The summed E-state index contributed by atoms with van der Waals surface area (Å²) in [6.45, 7) is 6.71. The first-order valence-corrected chi connectivity index (χ1v) is 11.0. The van der Waals surface area contributed by atoms with Gasteiger partial charge in [0.05, 0.1) is 6.54 Å². The van der Waals surface area contributed by atoms with Crippen LogP contribution in [-0.2, 0) is 11.3 Å². The van der Waals surface area contributed by atoms with Crippen LogP contribution in [0.1, 0.15) is 18.1 Å². The summed E-state index contributed by atoms with van der Waals surface area (Å²) in [7, 11) is 0. The number of hydrogen-bond acceptors (Lipinski definition) is 5. The smallest absolute Gasteiger partial charge is 0.219 e. The molecular weight excluding hydrogens is 400 g/mol. The highest BCUT2D eigenvalue weighted by Gasteiger charge is 2.18. The first kappa shape index (κ1) is 20.4. The number of carbonyl (C=O) groups is 1. The summed E-state index contributed by atoms with van der Waals surface area (Å²) in [4.78, 5) is 24.5. The minimum Gasteiger partial charge on any atom is -0.439 e. The van der Waals surface area contributed by atoms with Crippen molar-refractivity contribution in [1.82, 2.24) is 14.8 Å². The average molecular weight is 427 g/mol. The summed E-state index contributed by atoms with van der Waals surface area (Å²) in [6, 6.07) is 16.6. The average Bonchev–Trinajstić information content (AvgIpc) is 3.35. The van der Waals surface area contributed by atoms with Gasteiger partial charge in [0.15, 0.2) is 0 Å². The largest absolute Gasteiger partial charge is 0.439 e. The van der Waals surface area contributed by atoms with Gasteiger partial charge in [0.1, 0.15) is 5.75 Å². The Bertz CT molecular complexity index is 1190. The fraction of sp³-hybridized carbons (Fsp3) is 0.269. The van der Waals surface area contributed by atoms with E-state index in [1.807, 2.05) is 47.7 Å². The van der Waals surface area contributed by atoms with Crippen molar-refractivity contribution in [3.8, 4) is 11.6 Å². The number of hydrogen-bond donors (Lipinski definition) is 0. The van der Waals surface area contributed by atoms with Gasteiger partial charge in [0.25, 0.3) is 0 Å². The fourth-order valence-electron chi connectivity index (χ4n) is 4.20. The molecule has 0 spiro atoms. The highest BCUT2D eigenvalue weighted by atomic mass is 16.5. The van der Waals surface area contributed by atoms with Crippen LogP contribution in [0, 0.1) is 0 Å². The van der Waals surface area contributed by atoms with E-state index in [2.05, 4.69) is 39.1 Å². The van der Waals surface area contributed by atoms with E-state index in [1.165, 1.54) is 16.5 Å². The quantitative estimate of drug-likeness (QED) is 0.615. The van der Waals surface area contributed by atoms with Gasteiger partial charge in [0, 0.05) is 58.1 Å². The van der Waals surface area contributed by atoms with Crippen molar-refractivity contribution in [3.05, 3.63) is 71.9 Å². The molecule has 0 radical (unpaired) electrons. The van der Waals surface area contributed by atoms with E-state index in [0.717, 1.165) is 49.4 Å². The lowest BCUT2D eigenvalue weighted by molar-refractivity contribution is -0.130. The third-order valence-corrected chi connectivity index (χ3v) is 6.07. The minimum absolute atomic E-state index is 0.167. The number of allylic oxidation sites excluding steroid dienone is 1. The molecule has 1 fully saturated rings. The van der Waals surface area contributed by atoms with E-state index in [1.54, 1.807) is 6.92 Å². The number of amides is 1. The predicted molar refractivity (Wildman–Crippen MR) is 127 cm³/mol. The van der Waals surface area contributed by atoms with Crippen LogP contribution in [0.2, 0.25) is 0 Å². The number of fused-ring (bicyclic) bond motifs is 1. The van der Waals surface area contributed by atoms with E-state index in [-0.39, 0.29) is 5.91 Å². The number of aliphatic imine (C=N–C) groups is 1. The Kier molecular flexibility index (Phi) is 5.69. The van der Waals surface area contributed by atoms with Crippen LogP contribution < -0.4 is 4.74 Å². The lowest BCUT2D eigenvalue weighted by Crippen LogP contribution is -2.47. The van der Waals surface area contributed by atoms with Gasteiger partial charge in [-0.2, -0.15) is 0 Å². The lowest BCUT2D eigenvalue weighted by Gasteiger charge is -2.34. The SMILES string of the molecule is CC(=O)N1CCN(Cc2ccc3cc(Oc4ccc(C5=CC=NC5)cn4)ccc3c2)CC1. The second kappa shape index (κ2) is 8.93. The molecule has 1 saturated heterocycles. The molecule has 3 heterocycles. The van der Waals surface area contributed by atoms with E-state index in [0.29, 0.717) is 12.4 Å². The molecule has 6 nitrogen and oxygen atoms in total. The van der Waals surface area contributed by atoms with E-state index in [4.69, 9.17) is 4.74 Å². The molecular formula is C26H26N4O2. The number of benzene rings is 2. The Balaban J connectivity index is 1.23. The molecule has 0 N–H and O–H groups in total. The Labute approximate surface area is 187 Å². The van der Waals surface area contributed by atoms with Gasteiger partial charge < -0.3 is 9.64 Å². The summed E-state index contributed by atoms with van der Waals surface area (Å²) in [5.74, 6) is 1.52. The molecule has 0 aliphatic carbocycles. The Hall–Kier alpha value is -3.51. The van der Waals surface area contributed by atoms with Crippen molar-refractivity contribution in [1.29, 1.82) is 0 Å². The predicted octanol–water partition coefficient (Wildman–Crippen LogP) is 4.16. The first-order chi connectivity index (χ1) is 15.6. The highest BCUT2D eigenvalue weighted by molar-refractivity contribution is 5.89. The van der Waals surface area contributed by atoms with Crippen LogP contribution in [0.25, 0.3) is 16.3 Å². The van der Waals surface area contributed by atoms with Gasteiger partial charge in [-0.15, -0.1) is 0 Å². The van der Waals surface area contributed by atoms with E-state index >= 15 is 0 Å². The first-order valence-electron chi connectivity index (χ1n) is 11.0. The van der Waals surface area contributed by atoms with Gasteiger partial charge in [-0.05, 0) is 57.8 Å². The second-order valence-corrected chi connectivity index (χ2v) is 8.29. The third kappa shape index (κ3) is 4.55. The Morgan fingerprint density at radius 1 is 1.00 bits per heavy atom. The minimum atomic E-state index is 0.167. The normalized spacial score (nSPS) is 16.4. The number of nitrogens with zero attached hydrogens (tertiary/aromatic N) is 4. The topological polar surface area (TPSA) is 58.0 Å². The zero-order valence-electron chi connectivity index (χ0n) is 18.2. The zero-order chi connectivity index (χ0) is 21.9. The van der Waals surface area contributed by atoms with Crippen LogP contribution in [0.15, 0.2) is 65.8 Å². The number of piperazine rings is 1. The highest BCUT2D eigenvalue weighted by Crippen LogP contribution is 2.27. The molecule has 0 saturated carbocycles. The number of aromatic nitrogens is 1. The van der Waals surface area contributed by atoms with Crippen molar-refractivity contribution >= 4 is 28.5 Å². The van der Waals surface area contributed by atoms with Crippen molar-refractivity contribution in [2.75, 3.05) is 32.7 Å². The van der Waals surface area contributed by atoms with Gasteiger partial charge in [0.2, 0.25) is 11.8 Å². The molecule has 1 amide bonds. The zero-order valence-corrected chi connectivity index (χ0v) is 18.2. The van der Waals surface area contributed by atoms with Gasteiger partial charge >= 0.3 is 0 Å². The third-order valence-electron chi connectivity index (χ3n) is 6.07. The second-order valence-electron chi connectivity index (χ2n) is 8.29. The molecule has 3 aromatic rings. The van der Waals surface area contributed by atoms with Crippen molar-refractivity contribution in [2.24, 2.45) is 4.99 Å². The monoisotopic (exact) mass is 426 g/mol. The molecule has 6 heteroatoms. The van der Waals surface area contributed by atoms with Crippen molar-refractivity contribution in [2.45, 2.75) is 13.5 Å². The molecule has 0 bridgehead atoms. The molecule has 2 aliphatic rings. The van der Waals surface area contributed by atoms with Gasteiger partial charge in [-0.25, -0.2) is 4.98 Å². The standard InChI is InChI=1S/C26H26N4O2/c1-19(31)30-12-10-29(11-13-30)18-20-2-3-22-15-25(6-4-21(22)14-20)32-26-7-5-23(17-28-26)24-8-9-27-16-24/h2-9,14-15,17H,10-13,16,18H2,1H3. The lowest BCUT2D eigenvalue weighted by atomic mass is 10.1. The molecule has 1 aromatic heterocycles. The van der Waals surface area contributed by atoms with Gasteiger partial charge in [-0.3, -0.25) is 14.7 Å². The molecule has 0 unspecified atom stereocenters. The van der Waals surface area contributed by atoms with Crippen LogP contribution in [-0.4, -0.2) is 59.6 Å². The summed E-state index contributed by atoms with van der Waals surface area (Å²) in [6.07, 6.45) is 5.68. The number of ether oxygens (including phenoxy) is 1. The fourth-order valence-corrected chi connectivity index (χ4v) is 4.20. The Morgan fingerprint density at radius 3 is 2.53 bits per heavy atom. The van der Waals surface area contributed by atoms with Gasteiger partial charge in [-0.1, -0.05) is 18.2 Å². The van der Waals surface area contributed by atoms with E-state index < -0.39 is 0 Å². The maximum absolute atomic E-state index is 11.5. The van der Waals surface area contributed by atoms with E-state index in [9.17, 15) is 4.79 Å².